The Balaban J connectivity index is 0.00000332. The number of carbonyl (C=O) groups excluding carboxylic acids is 1. The Bertz CT molecular complexity index is 950. The zero-order valence-corrected chi connectivity index (χ0v) is 19.4. The van der Waals surface area contributed by atoms with Crippen molar-refractivity contribution in [3.63, 3.8) is 0 Å². The average Bonchev–Trinajstić information content (AvgIpc) is 2.75. The first-order chi connectivity index (χ1) is 14.9. The minimum absolute atomic E-state index is 0. The second kappa shape index (κ2) is 11.9. The monoisotopic (exact) mass is 481 g/mol. The summed E-state index contributed by atoms with van der Waals surface area (Å²) in [6.45, 7) is 9.25. The standard InChI is InChI=1S/C19H20F4NO5P.C2H6.H2/c1-10(2)27-19(25)12(4)24-30(26,28-13-8-6-5-7-9-13)29-18-15(21)11(3)14(20)16(22)17(18)23;1-2;/h5-10,12H,1-4H3,(H,24,26);1-2H3;1H/t12-,30?;;/m1../s1. The van der Waals surface area contributed by atoms with Crippen molar-refractivity contribution >= 4 is 13.7 Å². The molecule has 0 fully saturated rings. The normalized spacial score (nSPS) is 13.5. The van der Waals surface area contributed by atoms with Gasteiger partial charge in [-0.1, -0.05) is 32.0 Å². The molecule has 1 N–H and O–H groups in total. The van der Waals surface area contributed by atoms with Crippen molar-refractivity contribution in [1.29, 1.82) is 0 Å². The van der Waals surface area contributed by atoms with E-state index in [9.17, 15) is 26.9 Å². The molecule has 1 unspecified atom stereocenters. The van der Waals surface area contributed by atoms with Gasteiger partial charge in [0.1, 0.15) is 11.8 Å². The number of esters is 1. The van der Waals surface area contributed by atoms with Crippen LogP contribution < -0.4 is 14.1 Å². The first-order valence-corrected chi connectivity index (χ1v) is 11.3. The third kappa shape index (κ3) is 6.97. The quantitative estimate of drug-likeness (QED) is 0.156. The van der Waals surface area contributed by atoms with Gasteiger partial charge >= 0.3 is 13.7 Å². The summed E-state index contributed by atoms with van der Waals surface area (Å²) < 4.78 is 84.2. The van der Waals surface area contributed by atoms with Crippen molar-refractivity contribution in [3.8, 4) is 11.5 Å². The van der Waals surface area contributed by atoms with Crippen LogP contribution in [0.3, 0.4) is 0 Å². The molecule has 2 aromatic rings. The van der Waals surface area contributed by atoms with Crippen LogP contribution in [0, 0.1) is 30.2 Å². The van der Waals surface area contributed by atoms with Gasteiger partial charge in [-0.05, 0) is 39.8 Å². The predicted molar refractivity (Wildman–Crippen MR) is 114 cm³/mol. The molecule has 0 aliphatic rings. The fourth-order valence-electron chi connectivity index (χ4n) is 2.24. The maximum atomic E-state index is 14.4. The highest BCUT2D eigenvalue weighted by Crippen LogP contribution is 2.47. The van der Waals surface area contributed by atoms with Crippen molar-refractivity contribution in [2.24, 2.45) is 0 Å². The third-order valence-electron chi connectivity index (χ3n) is 3.68. The third-order valence-corrected chi connectivity index (χ3v) is 5.26. The number of nitrogens with one attached hydrogen (secondary N) is 1. The van der Waals surface area contributed by atoms with Gasteiger partial charge in [0.15, 0.2) is 17.5 Å². The van der Waals surface area contributed by atoms with Crippen molar-refractivity contribution in [2.75, 3.05) is 0 Å². The van der Waals surface area contributed by atoms with Gasteiger partial charge in [0.05, 0.1) is 6.10 Å². The highest BCUT2D eigenvalue weighted by molar-refractivity contribution is 7.52. The fourth-order valence-corrected chi connectivity index (χ4v) is 3.76. The molecule has 0 aromatic heterocycles. The Kier molecular flexibility index (Phi) is 10.2. The maximum absolute atomic E-state index is 14.4. The van der Waals surface area contributed by atoms with Crippen LogP contribution in [0.15, 0.2) is 30.3 Å². The van der Waals surface area contributed by atoms with Crippen molar-refractivity contribution in [3.05, 3.63) is 59.2 Å². The summed E-state index contributed by atoms with van der Waals surface area (Å²) in [7, 11) is -4.75. The highest BCUT2D eigenvalue weighted by Gasteiger charge is 2.37. The first kappa shape index (κ1) is 27.5. The summed E-state index contributed by atoms with van der Waals surface area (Å²) in [6.07, 6.45) is -0.499. The first-order valence-electron chi connectivity index (χ1n) is 9.80. The van der Waals surface area contributed by atoms with Gasteiger partial charge in [0.2, 0.25) is 11.6 Å². The van der Waals surface area contributed by atoms with Gasteiger partial charge in [0, 0.05) is 6.99 Å². The molecule has 0 bridgehead atoms. The number of hydrogen-bond acceptors (Lipinski definition) is 5. The minimum Gasteiger partial charge on any atom is -0.462 e. The van der Waals surface area contributed by atoms with Gasteiger partial charge < -0.3 is 13.8 Å². The van der Waals surface area contributed by atoms with E-state index < -0.39 is 60.4 Å². The van der Waals surface area contributed by atoms with Gasteiger partial charge in [-0.3, -0.25) is 4.79 Å². The van der Waals surface area contributed by atoms with E-state index in [4.69, 9.17) is 13.8 Å². The molecule has 2 rings (SSSR count). The number of para-hydroxylation sites is 1. The molecule has 0 radical (unpaired) electrons. The van der Waals surface area contributed by atoms with E-state index in [1.165, 1.54) is 31.2 Å². The van der Waals surface area contributed by atoms with E-state index in [0.29, 0.717) is 0 Å². The zero-order valence-electron chi connectivity index (χ0n) is 18.5. The summed E-state index contributed by atoms with van der Waals surface area (Å²) in [5, 5.41) is 2.19. The number of carbonyl (C=O) groups is 1. The number of benzene rings is 2. The molecule has 0 spiro atoms. The summed E-state index contributed by atoms with van der Waals surface area (Å²) in [4.78, 5) is 12.0. The summed E-state index contributed by atoms with van der Waals surface area (Å²) in [6, 6.07) is 6.06. The van der Waals surface area contributed by atoms with Crippen molar-refractivity contribution in [2.45, 2.75) is 53.7 Å². The summed E-state index contributed by atoms with van der Waals surface area (Å²) >= 11 is 0. The molecular formula is C21H28F4NO5P. The summed E-state index contributed by atoms with van der Waals surface area (Å²) in [5.41, 5.74) is -0.887. The molecule has 32 heavy (non-hydrogen) atoms. The molecule has 0 saturated carbocycles. The van der Waals surface area contributed by atoms with Crippen LogP contribution in [0.1, 0.15) is 41.6 Å². The molecule has 2 aromatic carbocycles. The maximum Gasteiger partial charge on any atom is 0.513 e. The molecule has 2 atom stereocenters. The van der Waals surface area contributed by atoms with Crippen LogP contribution in [0.4, 0.5) is 17.6 Å². The van der Waals surface area contributed by atoms with Crippen molar-refractivity contribution in [1.82, 2.24) is 5.09 Å². The van der Waals surface area contributed by atoms with Crippen molar-refractivity contribution < 1.29 is 42.1 Å². The lowest BCUT2D eigenvalue weighted by molar-refractivity contribution is -0.149. The van der Waals surface area contributed by atoms with Crippen LogP contribution in [0.2, 0.25) is 0 Å². The second-order valence-electron chi connectivity index (χ2n) is 6.54. The average molecular weight is 481 g/mol. The van der Waals surface area contributed by atoms with E-state index in [0.717, 1.165) is 6.92 Å². The van der Waals surface area contributed by atoms with Crippen LogP contribution >= 0.6 is 7.75 Å². The molecule has 11 heteroatoms. The van der Waals surface area contributed by atoms with E-state index in [-0.39, 0.29) is 7.18 Å². The van der Waals surface area contributed by atoms with Crippen LogP contribution in [0.25, 0.3) is 0 Å². The molecule has 0 aliphatic carbocycles. The fraction of sp³-hybridized carbons (Fsp3) is 0.381. The molecule has 0 saturated heterocycles. The molecule has 0 aliphatic heterocycles. The number of halogens is 4. The number of rotatable bonds is 8. The lowest BCUT2D eigenvalue weighted by Gasteiger charge is -2.24. The Morgan fingerprint density at radius 1 is 0.938 bits per heavy atom. The largest absolute Gasteiger partial charge is 0.513 e. The van der Waals surface area contributed by atoms with Gasteiger partial charge in [-0.2, -0.15) is 9.48 Å². The molecular weight excluding hydrogens is 453 g/mol. The molecule has 6 nitrogen and oxygen atoms in total. The Hall–Kier alpha value is -2.58. The second-order valence-corrected chi connectivity index (χ2v) is 8.16. The smallest absolute Gasteiger partial charge is 0.462 e. The summed E-state index contributed by atoms with van der Waals surface area (Å²) in [5.74, 6) is -9.76. The Morgan fingerprint density at radius 2 is 1.50 bits per heavy atom. The van der Waals surface area contributed by atoms with E-state index in [2.05, 4.69) is 5.09 Å². The van der Waals surface area contributed by atoms with Gasteiger partial charge in [-0.25, -0.2) is 17.7 Å². The Labute approximate surface area is 185 Å². The molecule has 0 heterocycles. The molecule has 180 valence electrons. The minimum atomic E-state index is -4.75. The van der Waals surface area contributed by atoms with Crippen LogP contribution in [-0.2, 0) is 14.1 Å². The lowest BCUT2D eigenvalue weighted by Crippen LogP contribution is -2.37. The topological polar surface area (TPSA) is 73.9 Å². The van der Waals surface area contributed by atoms with Gasteiger partial charge in [0.25, 0.3) is 0 Å². The van der Waals surface area contributed by atoms with Gasteiger partial charge in [-0.15, -0.1) is 0 Å². The van der Waals surface area contributed by atoms with Crippen LogP contribution in [0.5, 0.6) is 11.5 Å². The predicted octanol–water partition coefficient (Wildman–Crippen LogP) is 6.32. The van der Waals surface area contributed by atoms with E-state index >= 15 is 0 Å². The van der Waals surface area contributed by atoms with E-state index in [1.807, 2.05) is 13.8 Å². The zero-order chi connectivity index (χ0) is 24.6. The SMILES string of the molecule is CC.Cc1c(F)c(F)c(F)c(OP(=O)(N[C@H](C)C(=O)OC(C)C)Oc2ccccc2)c1F.[HH]. The highest BCUT2D eigenvalue weighted by atomic mass is 31.2. The number of hydrogen-bond donors (Lipinski definition) is 1. The van der Waals surface area contributed by atoms with Crippen LogP contribution in [-0.4, -0.2) is 18.1 Å². The Morgan fingerprint density at radius 3 is 2.03 bits per heavy atom. The lowest BCUT2D eigenvalue weighted by atomic mass is 10.2. The molecule has 0 amide bonds. The van der Waals surface area contributed by atoms with E-state index in [1.54, 1.807) is 19.9 Å². The number of ether oxygens (including phenoxy) is 1.